The smallest absolute Gasteiger partial charge is 0.302 e. The van der Waals surface area contributed by atoms with Crippen molar-refractivity contribution in [3.8, 4) is 0 Å². The van der Waals surface area contributed by atoms with Crippen molar-refractivity contribution in [1.29, 1.82) is 0 Å². The fourth-order valence-corrected chi connectivity index (χ4v) is 13.8. The molecule has 89 heavy (non-hydrogen) atoms. The maximum atomic E-state index is 11.4. The summed E-state index contributed by atoms with van der Waals surface area (Å²) in [6.45, 7) is 35.8. The van der Waals surface area contributed by atoms with Crippen LogP contribution in [0.3, 0.4) is 0 Å². The van der Waals surface area contributed by atoms with Gasteiger partial charge in [0.05, 0.1) is 50.3 Å². The zero-order valence-corrected chi connectivity index (χ0v) is 61.9. The van der Waals surface area contributed by atoms with Gasteiger partial charge in [0, 0.05) is 89.4 Å². The topological polar surface area (TPSA) is 342 Å². The number of hydrogen-bond acceptors (Lipinski definition) is 15. The van der Waals surface area contributed by atoms with Gasteiger partial charge in [0.15, 0.2) is 5.12 Å². The number of fused-ring (bicyclic) bond motifs is 1. The van der Waals surface area contributed by atoms with E-state index < -0.39 is 28.4 Å². The normalized spacial score (nSPS) is 22.4. The summed E-state index contributed by atoms with van der Waals surface area (Å²) in [7, 11) is -3.61. The van der Waals surface area contributed by atoms with Crippen LogP contribution < -0.4 is 0 Å². The van der Waals surface area contributed by atoms with E-state index in [9.17, 15) is 33.3 Å². The Balaban J connectivity index is -0.0000000933. The average molecular weight is 1310 g/mol. The molecule has 1 saturated heterocycles. The summed E-state index contributed by atoms with van der Waals surface area (Å²) >= 11 is 3.42. The first kappa shape index (κ1) is 111. The quantitative estimate of drug-likeness (QED) is 0.0220. The zero-order chi connectivity index (χ0) is 66.9. The van der Waals surface area contributed by atoms with Gasteiger partial charge in [0.1, 0.15) is 6.10 Å². The van der Waals surface area contributed by atoms with Gasteiger partial charge in [-0.25, -0.2) is 0 Å². The van der Waals surface area contributed by atoms with Crippen LogP contribution in [-0.2, 0) is 28.6 Å². The summed E-state index contributed by atoms with van der Waals surface area (Å²) in [6.07, 6.45) is 23.9. The molecule has 5 fully saturated rings. The van der Waals surface area contributed by atoms with E-state index >= 15 is 0 Å². The molecule has 3 N–H and O–H groups in total. The molecule has 516 valence electrons. The molecule has 5 rings (SSSR count). The number of aliphatic hydroxyl groups is 3. The summed E-state index contributed by atoms with van der Waals surface area (Å²) in [5.41, 5.74) is 33.0. The van der Waals surface area contributed by atoms with Crippen molar-refractivity contribution in [3.63, 3.8) is 0 Å². The Labute approximate surface area is 561 Å². The Morgan fingerprint density at radius 1 is 0.539 bits per heavy atom. The van der Waals surface area contributed by atoms with E-state index in [0.717, 1.165) is 107 Å². The second-order valence-electron chi connectivity index (χ2n) is 19.1. The standard InChI is InChI=1S/C13H23N3O4S2.C12H21N3O3.C10H19N3O2.C10H17N3S.8C2H6.4B/c1-10(17)21-13-7-5-3-4-6-11(13)8-12(9-15-16-14)20-22(2,18)19;1-9(16)18-12-6-4-2-3-5-10(12)7-11(17)8-14-15-13;11-13-12-7-9(14)6-8-4-2-1-3-5-10(8)15;11-13-12-7-9-6-8-4-2-1-3-5-10(8)14-9;8*1-2;;;;/h11-13H,3-9H2,1-2H3;10-12,17H,2-8H2,1H3;8-10,14-15H,1-7H2;8-10H,1-7H2;8*1-2H3;;;;/t11-,12?,13+;10-,11+,12-;8-,9+,10-;8-,9-,10+;;;;;;;;;;;;/m0000............/s1. The van der Waals surface area contributed by atoms with Crippen LogP contribution in [0.15, 0.2) is 20.5 Å². The Morgan fingerprint density at radius 3 is 1.38 bits per heavy atom. The first-order valence-corrected chi connectivity index (χ1v) is 36.7. The van der Waals surface area contributed by atoms with Crippen LogP contribution in [0.2, 0.25) is 0 Å². The highest BCUT2D eigenvalue weighted by Gasteiger charge is 2.35. The average Bonchev–Trinajstić information content (AvgIpc) is 2.95. The van der Waals surface area contributed by atoms with Crippen molar-refractivity contribution < 1.29 is 42.2 Å². The fourth-order valence-electron chi connectivity index (χ4n) is 10.3. The molecule has 5 aliphatic rings. The number of thioether (sulfide) groups is 2. The number of esters is 1. The minimum Gasteiger partial charge on any atom is -0.462 e. The molecule has 12 radical (unpaired) electrons. The van der Waals surface area contributed by atoms with Crippen molar-refractivity contribution >= 4 is 78.4 Å². The van der Waals surface area contributed by atoms with E-state index in [1.54, 1.807) is 6.92 Å². The third-order valence-electron chi connectivity index (χ3n) is 13.4. The van der Waals surface area contributed by atoms with E-state index in [4.69, 9.17) is 31.0 Å². The number of aliphatic hydroxyl groups excluding tert-OH is 3. The van der Waals surface area contributed by atoms with E-state index in [-0.39, 0.29) is 99.6 Å². The molecule has 0 bridgehead atoms. The van der Waals surface area contributed by atoms with Gasteiger partial charge in [-0.2, -0.15) is 20.2 Å². The van der Waals surface area contributed by atoms with Gasteiger partial charge < -0.3 is 20.1 Å². The second kappa shape index (κ2) is 83.1. The molecule has 28 heteroatoms. The number of hydrogen-bond donors (Lipinski definition) is 3. The molecule has 1 aliphatic heterocycles. The molecule has 1 heterocycles. The lowest BCUT2D eigenvalue weighted by atomic mass is 9.91. The van der Waals surface area contributed by atoms with E-state index in [1.165, 1.54) is 63.6 Å². The Kier molecular flexibility index (Phi) is 103. The van der Waals surface area contributed by atoms with Gasteiger partial charge in [-0.3, -0.25) is 13.8 Å². The molecule has 12 atom stereocenters. The Hall–Kier alpha value is -2.87. The summed E-state index contributed by atoms with van der Waals surface area (Å²) < 4.78 is 33.1. The summed E-state index contributed by atoms with van der Waals surface area (Å²) in [5, 5.41) is 44.7. The van der Waals surface area contributed by atoms with Gasteiger partial charge in [0.2, 0.25) is 0 Å². The lowest BCUT2D eigenvalue weighted by molar-refractivity contribution is -0.150. The van der Waals surface area contributed by atoms with Crippen LogP contribution in [0.4, 0.5) is 0 Å². The monoisotopic (exact) mass is 1310 g/mol. The molecule has 0 amide bonds. The van der Waals surface area contributed by atoms with Gasteiger partial charge in [-0.05, 0) is 129 Å². The number of nitrogens with zero attached hydrogens (tertiary/aromatic N) is 12. The Bertz CT molecular complexity index is 1820. The maximum Gasteiger partial charge on any atom is 0.302 e. The zero-order valence-electron chi connectivity index (χ0n) is 59.4. The number of carbonyl (C=O) groups excluding carboxylic acids is 2. The molecular weight excluding hydrogens is 1180 g/mol. The molecular formula is C61H128B4N12O9S3. The van der Waals surface area contributed by atoms with Gasteiger partial charge >= 0.3 is 5.97 Å². The lowest BCUT2D eigenvalue weighted by Gasteiger charge is -2.27. The summed E-state index contributed by atoms with van der Waals surface area (Å²) in [5.74, 6) is 1.17. The van der Waals surface area contributed by atoms with Crippen molar-refractivity contribution in [2.75, 3.05) is 32.4 Å². The summed E-state index contributed by atoms with van der Waals surface area (Å²) in [4.78, 5) is 33.3. The first-order chi connectivity index (χ1) is 41.1. The highest BCUT2D eigenvalue weighted by atomic mass is 32.2. The molecule has 0 aromatic rings. The van der Waals surface area contributed by atoms with Gasteiger partial charge in [0.25, 0.3) is 10.1 Å². The van der Waals surface area contributed by atoms with Crippen LogP contribution >= 0.6 is 23.5 Å². The highest BCUT2D eigenvalue weighted by Crippen LogP contribution is 2.45. The largest absolute Gasteiger partial charge is 0.462 e. The van der Waals surface area contributed by atoms with E-state index in [2.05, 4.69) is 51.9 Å². The highest BCUT2D eigenvalue weighted by molar-refractivity contribution is 8.14. The molecule has 4 saturated carbocycles. The molecule has 4 aliphatic carbocycles. The summed E-state index contributed by atoms with van der Waals surface area (Å²) in [6, 6.07) is 0. The molecule has 0 aromatic heterocycles. The minimum atomic E-state index is -3.61. The molecule has 21 nitrogen and oxygen atoms in total. The van der Waals surface area contributed by atoms with Crippen molar-refractivity contribution in [3.05, 3.63) is 41.8 Å². The minimum absolute atomic E-state index is 0. The number of ether oxygens (including phenoxy) is 1. The van der Waals surface area contributed by atoms with Crippen LogP contribution in [-0.4, -0.2) is 147 Å². The van der Waals surface area contributed by atoms with E-state index in [0.29, 0.717) is 31.1 Å². The van der Waals surface area contributed by atoms with Crippen LogP contribution in [0.1, 0.15) is 279 Å². The first-order valence-electron chi connectivity index (χ1n) is 33.0. The third-order valence-corrected chi connectivity index (χ3v) is 17.0. The second-order valence-corrected chi connectivity index (χ2v) is 23.6. The predicted molar refractivity (Wildman–Crippen MR) is 385 cm³/mol. The molecule has 1 unspecified atom stereocenters. The number of carbonyl (C=O) groups is 2. The van der Waals surface area contributed by atoms with Crippen LogP contribution in [0, 0.1) is 23.7 Å². The van der Waals surface area contributed by atoms with Gasteiger partial charge in [-0.15, -0.1) is 0 Å². The van der Waals surface area contributed by atoms with Crippen LogP contribution in [0.25, 0.3) is 41.8 Å². The number of azide groups is 4. The predicted octanol–water partition coefficient (Wildman–Crippen LogP) is 18.2. The van der Waals surface area contributed by atoms with Crippen LogP contribution in [0.5, 0.6) is 0 Å². The molecule has 0 spiro atoms. The van der Waals surface area contributed by atoms with E-state index in [1.807, 2.05) is 111 Å². The SMILES string of the molecule is CC.CC.CC.CC.CC.CC.CC.CC.CC(=O)O[C@H]1CCCCC[C@H]1C[C@@H](O)CN=[N+]=[N-].CC(=O)S[C@@H]1CCCCC[C@H]1CC(CN=[N+]=[N-])OS(C)(=O)=O.[B].[B].[B].[B].[N-]=[N+]=NC[C@@H]1C[C@@H]2CCCCC[C@H]2S1.[N-]=[N+]=NC[C@H](O)C[C@@H]1CCCCC[C@@H]1O. The third kappa shape index (κ3) is 66.4. The number of rotatable bonds is 18. The Morgan fingerprint density at radius 2 is 0.933 bits per heavy atom. The van der Waals surface area contributed by atoms with Crippen molar-refractivity contribution in [2.24, 2.45) is 44.1 Å². The fraction of sp³-hybridized carbons (Fsp3) is 0.967. The van der Waals surface area contributed by atoms with Crippen molar-refractivity contribution in [2.45, 2.75) is 325 Å². The molecule has 0 aromatic carbocycles. The van der Waals surface area contributed by atoms with Gasteiger partial charge in [-0.1, -0.05) is 214 Å². The maximum absolute atomic E-state index is 11.4. The lowest BCUT2D eigenvalue weighted by Crippen LogP contribution is -2.29. The van der Waals surface area contributed by atoms with Crippen molar-refractivity contribution in [1.82, 2.24) is 0 Å².